The number of halogens is 1. The molecule has 5 rings (SSSR count). The summed E-state index contributed by atoms with van der Waals surface area (Å²) in [6.07, 6.45) is 1.02. The number of carbonyl (C=O) groups is 3. The zero-order valence-corrected chi connectivity index (χ0v) is 23.3. The maximum atomic E-state index is 13.1. The standard InChI is InChI=1S/C25H30ClN7O5S/c1-15(2)31-8-5-16(6-9-31)28-25(36)37-23-12-18(24(35)32-10-7-27-22(34)14-32)29-33(23)13-17-11-19(38-30-17)20-3-4-21(26)39-20/h3-4,11-12,15-16H,5-10,13-14H2,1-2H3,(H,27,34)(H,28,36). The summed E-state index contributed by atoms with van der Waals surface area (Å²) >= 11 is 7.40. The molecular weight excluding hydrogens is 546 g/mol. The van der Waals surface area contributed by atoms with Crippen LogP contribution in [0.4, 0.5) is 4.79 Å². The van der Waals surface area contributed by atoms with Crippen LogP contribution in [0.2, 0.25) is 4.34 Å². The zero-order valence-electron chi connectivity index (χ0n) is 21.7. The fraction of sp³-hybridized carbons (Fsp3) is 0.480. The molecule has 0 bridgehead atoms. The summed E-state index contributed by atoms with van der Waals surface area (Å²) in [5.41, 5.74) is 0.576. The highest BCUT2D eigenvalue weighted by atomic mass is 35.5. The van der Waals surface area contributed by atoms with Crippen LogP contribution in [0.25, 0.3) is 10.6 Å². The van der Waals surface area contributed by atoms with Gasteiger partial charge in [0.2, 0.25) is 11.8 Å². The number of hydrogen-bond donors (Lipinski definition) is 2. The molecule has 14 heteroatoms. The van der Waals surface area contributed by atoms with Crippen molar-refractivity contribution in [2.45, 2.75) is 45.3 Å². The second-order valence-corrected chi connectivity index (χ2v) is 11.5. The van der Waals surface area contributed by atoms with Crippen LogP contribution in [0.15, 0.2) is 28.8 Å². The summed E-state index contributed by atoms with van der Waals surface area (Å²) in [7, 11) is 0. The van der Waals surface area contributed by atoms with Crippen molar-refractivity contribution < 1.29 is 23.6 Å². The fourth-order valence-corrected chi connectivity index (χ4v) is 5.62. The summed E-state index contributed by atoms with van der Waals surface area (Å²) < 4.78 is 13.1. The van der Waals surface area contributed by atoms with Crippen LogP contribution in [0.1, 0.15) is 42.9 Å². The van der Waals surface area contributed by atoms with Crippen LogP contribution in [0.5, 0.6) is 5.88 Å². The number of ether oxygens (including phenoxy) is 1. The number of piperidine rings is 1. The van der Waals surface area contributed by atoms with E-state index in [0.717, 1.165) is 30.8 Å². The Bertz CT molecular complexity index is 1340. The largest absolute Gasteiger partial charge is 0.414 e. The van der Waals surface area contributed by atoms with Crippen LogP contribution in [-0.4, -0.2) is 87.5 Å². The molecule has 0 atom stereocenters. The van der Waals surface area contributed by atoms with Gasteiger partial charge in [-0.2, -0.15) is 5.10 Å². The van der Waals surface area contributed by atoms with E-state index in [1.165, 1.54) is 27.0 Å². The lowest BCUT2D eigenvalue weighted by Crippen LogP contribution is -2.50. The molecule has 0 saturated carbocycles. The molecule has 208 valence electrons. The van der Waals surface area contributed by atoms with Gasteiger partial charge in [-0.15, -0.1) is 11.3 Å². The molecule has 3 aromatic heterocycles. The van der Waals surface area contributed by atoms with Crippen molar-refractivity contribution in [1.82, 2.24) is 35.4 Å². The van der Waals surface area contributed by atoms with E-state index >= 15 is 0 Å². The Morgan fingerprint density at radius 1 is 1.26 bits per heavy atom. The van der Waals surface area contributed by atoms with Gasteiger partial charge in [0.1, 0.15) is 5.69 Å². The van der Waals surface area contributed by atoms with Gasteiger partial charge in [0.15, 0.2) is 11.5 Å². The van der Waals surface area contributed by atoms with Gasteiger partial charge in [-0.05, 0) is 38.8 Å². The number of amides is 3. The number of nitrogens with one attached hydrogen (secondary N) is 2. The van der Waals surface area contributed by atoms with Crippen LogP contribution in [0.3, 0.4) is 0 Å². The topological polar surface area (TPSA) is 135 Å². The predicted octanol–water partition coefficient (Wildman–Crippen LogP) is 2.83. The zero-order chi connectivity index (χ0) is 27.5. The van der Waals surface area contributed by atoms with Gasteiger partial charge in [0.05, 0.1) is 22.3 Å². The second-order valence-electron chi connectivity index (χ2n) is 9.83. The van der Waals surface area contributed by atoms with Crippen molar-refractivity contribution in [2.75, 3.05) is 32.7 Å². The number of nitrogens with zero attached hydrogens (tertiary/aromatic N) is 5. The van der Waals surface area contributed by atoms with E-state index in [1.54, 1.807) is 12.1 Å². The van der Waals surface area contributed by atoms with Crippen LogP contribution >= 0.6 is 22.9 Å². The SMILES string of the molecule is CC(C)N1CCC(NC(=O)Oc2cc(C(=O)N3CCNC(=O)C3)nn2Cc2cc(-c3ccc(Cl)s3)on2)CC1. The fourth-order valence-electron chi connectivity index (χ4n) is 4.63. The monoisotopic (exact) mass is 575 g/mol. The van der Waals surface area contributed by atoms with E-state index in [0.29, 0.717) is 34.9 Å². The number of rotatable bonds is 7. The Balaban J connectivity index is 1.32. The van der Waals surface area contributed by atoms with Gasteiger partial charge in [-0.1, -0.05) is 16.8 Å². The highest BCUT2D eigenvalue weighted by molar-refractivity contribution is 7.19. The van der Waals surface area contributed by atoms with E-state index < -0.39 is 12.0 Å². The number of carbonyl (C=O) groups excluding carboxylic acids is 3. The molecule has 2 fully saturated rings. The minimum Gasteiger partial charge on any atom is -0.391 e. The van der Waals surface area contributed by atoms with Gasteiger partial charge in [-0.25, -0.2) is 9.48 Å². The maximum Gasteiger partial charge on any atom is 0.414 e. The number of likely N-dealkylation sites (tertiary alicyclic amines) is 1. The molecule has 0 radical (unpaired) electrons. The molecule has 3 amide bonds. The van der Waals surface area contributed by atoms with E-state index in [1.807, 2.05) is 6.07 Å². The first-order valence-corrected chi connectivity index (χ1v) is 14.0. The maximum absolute atomic E-state index is 13.1. The predicted molar refractivity (Wildman–Crippen MR) is 144 cm³/mol. The van der Waals surface area contributed by atoms with Gasteiger partial charge in [-0.3, -0.25) is 9.59 Å². The Hall–Kier alpha value is -3.42. The van der Waals surface area contributed by atoms with E-state index in [-0.39, 0.29) is 36.6 Å². The van der Waals surface area contributed by atoms with E-state index in [9.17, 15) is 14.4 Å². The first kappa shape index (κ1) is 27.2. The minimum atomic E-state index is -0.621. The summed E-state index contributed by atoms with van der Waals surface area (Å²) in [5, 5.41) is 14.1. The molecule has 0 spiro atoms. The molecule has 12 nitrogen and oxygen atoms in total. The normalized spacial score (nSPS) is 16.9. The second kappa shape index (κ2) is 11.8. The van der Waals surface area contributed by atoms with Gasteiger partial charge < -0.3 is 29.7 Å². The molecule has 39 heavy (non-hydrogen) atoms. The lowest BCUT2D eigenvalue weighted by atomic mass is 10.0. The van der Waals surface area contributed by atoms with Crippen LogP contribution < -0.4 is 15.4 Å². The molecule has 2 saturated heterocycles. The molecule has 3 aromatic rings. The number of piperazine rings is 1. The van der Waals surface area contributed by atoms with Crippen molar-refractivity contribution >= 4 is 40.8 Å². The van der Waals surface area contributed by atoms with Gasteiger partial charge >= 0.3 is 6.09 Å². The third-order valence-corrected chi connectivity index (χ3v) is 8.00. The summed E-state index contributed by atoms with van der Waals surface area (Å²) in [4.78, 5) is 42.3. The van der Waals surface area contributed by atoms with Crippen LogP contribution in [0, 0.1) is 0 Å². The third-order valence-electron chi connectivity index (χ3n) is 6.75. The average molecular weight is 576 g/mol. The lowest BCUT2D eigenvalue weighted by molar-refractivity contribution is -0.123. The number of hydrogen-bond acceptors (Lipinski definition) is 9. The number of aromatic nitrogens is 3. The molecule has 0 aliphatic carbocycles. The van der Waals surface area contributed by atoms with Gasteiger partial charge in [0, 0.05) is 50.4 Å². The first-order valence-electron chi connectivity index (χ1n) is 12.8. The Morgan fingerprint density at radius 2 is 2.05 bits per heavy atom. The molecule has 2 N–H and O–H groups in total. The molecule has 0 unspecified atom stereocenters. The Labute approximate surface area is 234 Å². The molecule has 0 aromatic carbocycles. The van der Waals surface area contributed by atoms with Crippen LogP contribution in [-0.2, 0) is 11.3 Å². The number of thiophene rings is 1. The molecule has 2 aliphatic heterocycles. The average Bonchev–Trinajstić information content (AvgIpc) is 3.65. The third kappa shape index (κ3) is 6.60. The van der Waals surface area contributed by atoms with E-state index in [4.69, 9.17) is 20.9 Å². The van der Waals surface area contributed by atoms with Crippen molar-refractivity contribution in [2.24, 2.45) is 0 Å². The van der Waals surface area contributed by atoms with E-state index in [2.05, 4.69) is 39.6 Å². The summed E-state index contributed by atoms with van der Waals surface area (Å²) in [5.74, 6) is -0.0422. The quantitative estimate of drug-likeness (QED) is 0.439. The smallest absolute Gasteiger partial charge is 0.391 e. The first-order chi connectivity index (χ1) is 18.7. The highest BCUT2D eigenvalue weighted by Crippen LogP contribution is 2.31. The molecule has 5 heterocycles. The summed E-state index contributed by atoms with van der Waals surface area (Å²) in [6.45, 7) is 6.86. The Kier molecular flexibility index (Phi) is 8.19. The van der Waals surface area contributed by atoms with Crippen molar-refractivity contribution in [3.63, 3.8) is 0 Å². The summed E-state index contributed by atoms with van der Waals surface area (Å²) in [6, 6.07) is 7.22. The Morgan fingerprint density at radius 3 is 2.74 bits per heavy atom. The van der Waals surface area contributed by atoms with Gasteiger partial charge in [0.25, 0.3) is 5.91 Å². The molecule has 2 aliphatic rings. The highest BCUT2D eigenvalue weighted by Gasteiger charge is 2.28. The van der Waals surface area contributed by atoms with Crippen molar-refractivity contribution in [3.8, 4) is 16.5 Å². The van der Waals surface area contributed by atoms with Crippen molar-refractivity contribution in [1.29, 1.82) is 0 Å². The minimum absolute atomic E-state index is 0.00689. The lowest BCUT2D eigenvalue weighted by Gasteiger charge is -2.34. The van der Waals surface area contributed by atoms with Crippen molar-refractivity contribution in [3.05, 3.63) is 40.0 Å². The molecular formula is C25H30ClN7O5S.